The summed E-state index contributed by atoms with van der Waals surface area (Å²) in [5.74, 6) is 6.07. The van der Waals surface area contributed by atoms with Crippen molar-refractivity contribution in [2.45, 2.75) is 32.7 Å². The zero-order valence-electron chi connectivity index (χ0n) is 23.2. The molecule has 3 N–H and O–H groups in total. The second kappa shape index (κ2) is 11.0. The van der Waals surface area contributed by atoms with E-state index in [1.165, 1.54) is 15.9 Å². The lowest BCUT2D eigenvalue weighted by molar-refractivity contribution is 0.0941. The summed E-state index contributed by atoms with van der Waals surface area (Å²) < 4.78 is 3.13. The number of thiazole rings is 1. The molecule has 1 atom stereocenters. The van der Waals surface area contributed by atoms with E-state index in [9.17, 15) is 9.59 Å². The van der Waals surface area contributed by atoms with E-state index in [2.05, 4.69) is 32.2 Å². The van der Waals surface area contributed by atoms with Crippen molar-refractivity contribution < 1.29 is 4.79 Å². The lowest BCUT2D eigenvalue weighted by atomic mass is 10.0. The van der Waals surface area contributed by atoms with Crippen LogP contribution in [0.3, 0.4) is 0 Å². The minimum atomic E-state index is -0.579. The first-order chi connectivity index (χ1) is 20.3. The van der Waals surface area contributed by atoms with E-state index in [1.807, 2.05) is 81.4 Å². The van der Waals surface area contributed by atoms with Crippen molar-refractivity contribution in [3.63, 3.8) is 0 Å². The normalized spacial score (nSPS) is 11.9. The molecule has 6 rings (SSSR count). The molecule has 1 amide bonds. The predicted molar refractivity (Wildman–Crippen MR) is 165 cm³/mol. The maximum atomic E-state index is 14.2. The van der Waals surface area contributed by atoms with Gasteiger partial charge in [-0.3, -0.25) is 19.1 Å². The molecular formula is C32H27N7O2S. The second-order valence-corrected chi connectivity index (χ2v) is 11.0. The van der Waals surface area contributed by atoms with Gasteiger partial charge >= 0.3 is 0 Å². The van der Waals surface area contributed by atoms with Crippen LogP contribution in [0.15, 0.2) is 83.4 Å². The monoisotopic (exact) mass is 573 g/mol. The number of anilines is 1. The number of pyridine rings is 1. The van der Waals surface area contributed by atoms with E-state index >= 15 is 0 Å². The molecule has 208 valence electrons. The van der Waals surface area contributed by atoms with Crippen molar-refractivity contribution in [1.29, 1.82) is 0 Å². The number of fused-ring (bicyclic) bond motifs is 2. The van der Waals surface area contributed by atoms with Crippen LogP contribution < -0.4 is 16.6 Å². The van der Waals surface area contributed by atoms with Gasteiger partial charge in [0.15, 0.2) is 11.5 Å². The fraction of sp³-hybridized carbons (Fsp3) is 0.156. The molecule has 42 heavy (non-hydrogen) atoms. The Hall–Kier alpha value is -5.27. The van der Waals surface area contributed by atoms with Gasteiger partial charge in [0.1, 0.15) is 5.56 Å². The lowest BCUT2D eigenvalue weighted by Gasteiger charge is -2.21. The van der Waals surface area contributed by atoms with Crippen molar-refractivity contribution >= 4 is 39.5 Å². The molecule has 0 spiro atoms. The first-order valence-corrected chi connectivity index (χ1v) is 14.3. The Morgan fingerprint density at radius 1 is 1.05 bits per heavy atom. The Kier molecular flexibility index (Phi) is 7.02. The standard InChI is InChI=1S/C32H27N7O2S/c1-19(2)25-14-15-38-30(36-25)28(29(33)37-38)31(40)35-20(3)26-16-22-9-7-8-21(12-13-24-17-34-18-42-24)27(22)32(41)39(26)23-10-5-4-6-11-23/h4-11,14-20H,1-3H3,(H2,33,37)(H,35,40). The summed E-state index contributed by atoms with van der Waals surface area (Å²) in [5.41, 5.74) is 11.0. The molecule has 0 saturated carbocycles. The molecule has 6 aromatic rings. The molecule has 0 bridgehead atoms. The van der Waals surface area contributed by atoms with Crippen molar-refractivity contribution in [2.75, 3.05) is 5.73 Å². The average molecular weight is 574 g/mol. The van der Waals surface area contributed by atoms with Crippen LogP contribution in [0.2, 0.25) is 0 Å². The van der Waals surface area contributed by atoms with Gasteiger partial charge in [0.2, 0.25) is 0 Å². The van der Waals surface area contributed by atoms with Crippen LogP contribution in [0.4, 0.5) is 5.82 Å². The highest BCUT2D eigenvalue weighted by molar-refractivity contribution is 7.10. The van der Waals surface area contributed by atoms with Gasteiger partial charge in [0.25, 0.3) is 11.5 Å². The molecule has 10 heteroatoms. The number of rotatable bonds is 5. The molecule has 2 aromatic carbocycles. The number of nitrogens with one attached hydrogen (secondary N) is 1. The molecule has 0 aliphatic carbocycles. The van der Waals surface area contributed by atoms with E-state index in [0.717, 1.165) is 16.0 Å². The fourth-order valence-corrected chi connectivity index (χ4v) is 5.36. The van der Waals surface area contributed by atoms with Gasteiger partial charge < -0.3 is 11.1 Å². The number of hydrogen-bond acceptors (Lipinski definition) is 7. The summed E-state index contributed by atoms with van der Waals surface area (Å²) in [6, 6.07) is 18.1. The number of aromatic nitrogens is 5. The molecule has 0 radical (unpaired) electrons. The van der Waals surface area contributed by atoms with Crippen LogP contribution in [-0.2, 0) is 0 Å². The zero-order chi connectivity index (χ0) is 29.4. The van der Waals surface area contributed by atoms with Crippen LogP contribution in [-0.4, -0.2) is 30.1 Å². The molecule has 0 aliphatic heterocycles. The fourth-order valence-electron chi connectivity index (χ4n) is 4.90. The van der Waals surface area contributed by atoms with E-state index in [4.69, 9.17) is 5.73 Å². The molecule has 1 unspecified atom stereocenters. The lowest BCUT2D eigenvalue weighted by Crippen LogP contribution is -2.32. The third-order valence-corrected chi connectivity index (χ3v) is 7.67. The van der Waals surface area contributed by atoms with Gasteiger partial charge in [-0.1, -0.05) is 50.1 Å². The van der Waals surface area contributed by atoms with Crippen molar-refractivity contribution in [2.24, 2.45) is 0 Å². The van der Waals surface area contributed by atoms with Gasteiger partial charge in [-0.15, -0.1) is 16.4 Å². The Morgan fingerprint density at radius 2 is 1.86 bits per heavy atom. The van der Waals surface area contributed by atoms with Crippen molar-refractivity contribution in [3.05, 3.63) is 116 Å². The predicted octanol–water partition coefficient (Wildman–Crippen LogP) is 5.09. The highest BCUT2D eigenvalue weighted by Crippen LogP contribution is 2.25. The van der Waals surface area contributed by atoms with Crippen LogP contribution >= 0.6 is 11.3 Å². The topological polar surface area (TPSA) is 120 Å². The molecule has 4 heterocycles. The number of para-hydroxylation sites is 1. The van der Waals surface area contributed by atoms with Crippen LogP contribution in [0.1, 0.15) is 64.9 Å². The summed E-state index contributed by atoms with van der Waals surface area (Å²) in [7, 11) is 0. The smallest absolute Gasteiger partial charge is 0.264 e. The first-order valence-electron chi connectivity index (χ1n) is 13.4. The van der Waals surface area contributed by atoms with E-state index in [1.54, 1.807) is 22.5 Å². The number of benzene rings is 2. The quantitative estimate of drug-likeness (QED) is 0.277. The molecular weight excluding hydrogens is 546 g/mol. The summed E-state index contributed by atoms with van der Waals surface area (Å²) in [5, 5.41) is 8.53. The zero-order valence-corrected chi connectivity index (χ0v) is 24.0. The van der Waals surface area contributed by atoms with Gasteiger partial charge in [-0.05, 0) is 54.5 Å². The van der Waals surface area contributed by atoms with Gasteiger partial charge in [0.05, 0.1) is 28.0 Å². The maximum Gasteiger partial charge on any atom is 0.264 e. The SMILES string of the molecule is CC(C)c1ccn2nc(N)c(C(=O)NC(C)c3cc4cccc(C#Cc5cncs5)c4c(=O)n3-c3ccccc3)c2n1. The Labute approximate surface area is 245 Å². The van der Waals surface area contributed by atoms with Gasteiger partial charge in [-0.2, -0.15) is 0 Å². The average Bonchev–Trinajstić information content (AvgIpc) is 3.62. The molecule has 0 aliphatic rings. The first kappa shape index (κ1) is 26.9. The van der Waals surface area contributed by atoms with Crippen LogP contribution in [0.25, 0.3) is 22.1 Å². The number of nitrogen functional groups attached to an aromatic ring is 1. The van der Waals surface area contributed by atoms with Gasteiger partial charge in [-0.25, -0.2) is 9.50 Å². The summed E-state index contributed by atoms with van der Waals surface area (Å²) in [6.45, 7) is 5.89. The van der Waals surface area contributed by atoms with Crippen molar-refractivity contribution in [1.82, 2.24) is 29.5 Å². The van der Waals surface area contributed by atoms with Crippen molar-refractivity contribution in [3.8, 4) is 17.5 Å². The minimum Gasteiger partial charge on any atom is -0.381 e. The van der Waals surface area contributed by atoms with Crippen LogP contribution in [0, 0.1) is 11.8 Å². The second-order valence-electron chi connectivity index (χ2n) is 10.2. The largest absolute Gasteiger partial charge is 0.381 e. The number of carbonyl (C=O) groups excluding carboxylic acids is 1. The van der Waals surface area contributed by atoms with Crippen LogP contribution in [0.5, 0.6) is 0 Å². The summed E-state index contributed by atoms with van der Waals surface area (Å²) in [6.07, 6.45) is 3.45. The number of hydrogen-bond donors (Lipinski definition) is 2. The maximum absolute atomic E-state index is 14.2. The number of carbonyl (C=O) groups is 1. The minimum absolute atomic E-state index is 0.0798. The number of nitrogens with two attached hydrogens (primary N) is 1. The van der Waals surface area contributed by atoms with Gasteiger partial charge in [0, 0.05) is 28.8 Å². The number of nitrogens with zero attached hydrogens (tertiary/aromatic N) is 5. The highest BCUT2D eigenvalue weighted by Gasteiger charge is 2.24. The Bertz CT molecular complexity index is 2070. The van der Waals surface area contributed by atoms with E-state index in [-0.39, 0.29) is 22.9 Å². The Balaban J connectivity index is 1.46. The van der Waals surface area contributed by atoms with E-state index in [0.29, 0.717) is 28.0 Å². The molecule has 4 aromatic heterocycles. The highest BCUT2D eigenvalue weighted by atomic mass is 32.1. The summed E-state index contributed by atoms with van der Waals surface area (Å²) >= 11 is 1.44. The molecule has 0 fully saturated rings. The Morgan fingerprint density at radius 3 is 2.60 bits per heavy atom. The molecule has 0 saturated heterocycles. The number of amides is 1. The molecule has 9 nitrogen and oxygen atoms in total. The van der Waals surface area contributed by atoms with E-state index < -0.39 is 11.9 Å². The third kappa shape index (κ3) is 4.91. The third-order valence-electron chi connectivity index (χ3n) is 6.99. The summed E-state index contributed by atoms with van der Waals surface area (Å²) in [4.78, 5) is 37.4.